The summed E-state index contributed by atoms with van der Waals surface area (Å²) in [6, 6.07) is 17.5. The Labute approximate surface area is 189 Å². The van der Waals surface area contributed by atoms with Gasteiger partial charge in [-0.25, -0.2) is 4.79 Å². The van der Waals surface area contributed by atoms with Crippen LogP contribution < -0.4 is 4.90 Å². The van der Waals surface area contributed by atoms with Crippen LogP contribution in [0.25, 0.3) is 0 Å². The van der Waals surface area contributed by atoms with Crippen molar-refractivity contribution in [3.8, 4) is 0 Å². The average Bonchev–Trinajstić information content (AvgIpc) is 3.05. The first-order valence-electron chi connectivity index (χ1n) is 11.8. The van der Waals surface area contributed by atoms with Crippen LogP contribution in [0.5, 0.6) is 0 Å². The van der Waals surface area contributed by atoms with E-state index in [0.717, 1.165) is 37.8 Å². The van der Waals surface area contributed by atoms with Gasteiger partial charge in [0.05, 0.1) is 5.56 Å². The van der Waals surface area contributed by atoms with Gasteiger partial charge in [-0.1, -0.05) is 24.3 Å². The number of anilines is 2. The SMILES string of the molecule is O=C(O)c1ccncc1CC[C@@H]1CCCc2cc(N3CCCCc4ccccc43)ccc21. The minimum atomic E-state index is -0.867. The fourth-order valence-electron chi connectivity index (χ4n) is 5.49. The Morgan fingerprint density at radius 1 is 1.03 bits per heavy atom. The van der Waals surface area contributed by atoms with Crippen molar-refractivity contribution in [3.63, 3.8) is 0 Å². The monoisotopic (exact) mass is 426 g/mol. The van der Waals surface area contributed by atoms with Crippen LogP contribution in [0.15, 0.2) is 60.9 Å². The third kappa shape index (κ3) is 4.14. The van der Waals surface area contributed by atoms with Crippen LogP contribution in [-0.2, 0) is 19.3 Å². The fourth-order valence-corrected chi connectivity index (χ4v) is 5.49. The molecule has 1 N–H and O–H groups in total. The molecule has 0 radical (unpaired) electrons. The Balaban J connectivity index is 1.38. The van der Waals surface area contributed by atoms with Crippen molar-refractivity contribution in [1.82, 2.24) is 4.98 Å². The van der Waals surface area contributed by atoms with E-state index < -0.39 is 5.97 Å². The van der Waals surface area contributed by atoms with Crippen LogP contribution in [0.4, 0.5) is 11.4 Å². The molecule has 4 heteroatoms. The maximum absolute atomic E-state index is 11.5. The van der Waals surface area contributed by atoms with Crippen molar-refractivity contribution in [3.05, 3.63) is 88.7 Å². The lowest BCUT2D eigenvalue weighted by molar-refractivity contribution is 0.0695. The molecule has 4 nitrogen and oxygen atoms in total. The molecule has 3 aromatic rings. The molecule has 0 saturated carbocycles. The third-order valence-electron chi connectivity index (χ3n) is 7.13. The van der Waals surface area contributed by atoms with Crippen molar-refractivity contribution in [2.24, 2.45) is 0 Å². The molecule has 1 atom stereocenters. The number of hydrogen-bond acceptors (Lipinski definition) is 3. The molecule has 32 heavy (non-hydrogen) atoms. The van der Waals surface area contributed by atoms with E-state index in [9.17, 15) is 9.90 Å². The van der Waals surface area contributed by atoms with Gasteiger partial charge >= 0.3 is 5.97 Å². The van der Waals surface area contributed by atoms with Crippen molar-refractivity contribution >= 4 is 17.3 Å². The normalized spacial score (nSPS) is 17.9. The van der Waals surface area contributed by atoms with Crippen LogP contribution >= 0.6 is 0 Å². The van der Waals surface area contributed by atoms with Crippen molar-refractivity contribution in [1.29, 1.82) is 0 Å². The molecule has 0 spiro atoms. The molecule has 1 aliphatic carbocycles. The quantitative estimate of drug-likeness (QED) is 0.520. The largest absolute Gasteiger partial charge is 0.478 e. The Morgan fingerprint density at radius 2 is 1.91 bits per heavy atom. The molecule has 0 saturated heterocycles. The van der Waals surface area contributed by atoms with Gasteiger partial charge in [0.25, 0.3) is 0 Å². The standard InChI is InChI=1S/C28H30N2O2/c31-28(32)26-15-16-29-19-23(26)12-11-20-8-5-9-22-18-24(13-14-25(20)22)30-17-4-3-7-21-6-1-2-10-27(21)30/h1-2,6,10,13-16,18-20H,3-5,7-9,11-12,17H2,(H,31,32)/t20-/m0/s1. The molecule has 5 rings (SSSR count). The number of benzene rings is 2. The van der Waals surface area contributed by atoms with Crippen LogP contribution in [-0.4, -0.2) is 22.6 Å². The molecule has 1 aliphatic heterocycles. The molecule has 2 aliphatic rings. The predicted octanol–water partition coefficient (Wildman–Crippen LogP) is 6.31. The van der Waals surface area contributed by atoms with Gasteiger partial charge in [0.15, 0.2) is 0 Å². The van der Waals surface area contributed by atoms with Gasteiger partial charge < -0.3 is 10.0 Å². The number of rotatable bonds is 5. The smallest absolute Gasteiger partial charge is 0.336 e. The number of aryl methyl sites for hydroxylation is 3. The number of aromatic carboxylic acids is 1. The lowest BCUT2D eigenvalue weighted by Crippen LogP contribution is -2.19. The number of para-hydroxylation sites is 1. The molecule has 0 amide bonds. The summed E-state index contributed by atoms with van der Waals surface area (Å²) >= 11 is 0. The molecule has 164 valence electrons. The molecular formula is C28H30N2O2. The van der Waals surface area contributed by atoms with Gasteiger partial charge in [0.1, 0.15) is 0 Å². The zero-order valence-corrected chi connectivity index (χ0v) is 18.5. The van der Waals surface area contributed by atoms with Gasteiger partial charge in [-0.2, -0.15) is 0 Å². The second-order valence-corrected chi connectivity index (χ2v) is 9.09. The number of nitrogens with zero attached hydrogens (tertiary/aromatic N) is 2. The average molecular weight is 427 g/mol. The molecule has 0 fully saturated rings. The van der Waals surface area contributed by atoms with Gasteiger partial charge in [0.2, 0.25) is 0 Å². The summed E-state index contributed by atoms with van der Waals surface area (Å²) < 4.78 is 0. The fraction of sp³-hybridized carbons (Fsp3) is 0.357. The molecule has 1 aromatic heterocycles. The zero-order valence-electron chi connectivity index (χ0n) is 18.5. The highest BCUT2D eigenvalue weighted by Crippen LogP contribution is 2.39. The van der Waals surface area contributed by atoms with Gasteiger partial charge in [0, 0.05) is 30.3 Å². The Bertz CT molecular complexity index is 1120. The number of carboxylic acid groups (broad SMARTS) is 1. The second-order valence-electron chi connectivity index (χ2n) is 9.09. The topological polar surface area (TPSA) is 53.4 Å². The van der Waals surface area contributed by atoms with Gasteiger partial charge in [-0.05, 0) is 104 Å². The summed E-state index contributed by atoms with van der Waals surface area (Å²) in [5.41, 5.74) is 8.24. The van der Waals surface area contributed by atoms with E-state index in [1.54, 1.807) is 18.5 Å². The highest BCUT2D eigenvalue weighted by Gasteiger charge is 2.23. The van der Waals surface area contributed by atoms with E-state index in [4.69, 9.17) is 0 Å². The minimum Gasteiger partial charge on any atom is -0.478 e. The number of carbonyl (C=O) groups is 1. The van der Waals surface area contributed by atoms with Crippen molar-refractivity contribution < 1.29 is 9.90 Å². The van der Waals surface area contributed by atoms with Crippen LogP contribution in [0.2, 0.25) is 0 Å². The first-order chi connectivity index (χ1) is 15.7. The number of aromatic nitrogens is 1. The molecule has 0 bridgehead atoms. The summed E-state index contributed by atoms with van der Waals surface area (Å²) in [4.78, 5) is 18.2. The Morgan fingerprint density at radius 3 is 2.81 bits per heavy atom. The summed E-state index contributed by atoms with van der Waals surface area (Å²) in [7, 11) is 0. The highest BCUT2D eigenvalue weighted by molar-refractivity contribution is 5.89. The van der Waals surface area contributed by atoms with E-state index >= 15 is 0 Å². The molecule has 2 aromatic carbocycles. The lowest BCUT2D eigenvalue weighted by Gasteiger charge is -2.30. The number of carboxylic acids is 1. The van der Waals surface area contributed by atoms with E-state index in [0.29, 0.717) is 11.5 Å². The van der Waals surface area contributed by atoms with Crippen LogP contribution in [0.3, 0.4) is 0 Å². The first-order valence-corrected chi connectivity index (χ1v) is 11.8. The van der Waals surface area contributed by atoms with E-state index in [1.165, 1.54) is 53.7 Å². The number of fused-ring (bicyclic) bond motifs is 2. The second kappa shape index (κ2) is 9.15. The predicted molar refractivity (Wildman–Crippen MR) is 128 cm³/mol. The zero-order chi connectivity index (χ0) is 21.9. The van der Waals surface area contributed by atoms with Crippen molar-refractivity contribution in [2.75, 3.05) is 11.4 Å². The maximum Gasteiger partial charge on any atom is 0.336 e. The van der Waals surface area contributed by atoms with Crippen LogP contribution in [0.1, 0.15) is 70.6 Å². The summed E-state index contributed by atoms with van der Waals surface area (Å²) in [5, 5.41) is 9.47. The highest BCUT2D eigenvalue weighted by atomic mass is 16.4. The summed E-state index contributed by atoms with van der Waals surface area (Å²) in [6.07, 6.45) is 12.1. The van der Waals surface area contributed by atoms with Gasteiger partial charge in [-0.15, -0.1) is 0 Å². The molecule has 2 heterocycles. The van der Waals surface area contributed by atoms with Crippen LogP contribution in [0, 0.1) is 0 Å². The minimum absolute atomic E-state index is 0.381. The van der Waals surface area contributed by atoms with E-state index in [2.05, 4.69) is 52.3 Å². The van der Waals surface area contributed by atoms with E-state index in [-0.39, 0.29) is 0 Å². The maximum atomic E-state index is 11.5. The summed E-state index contributed by atoms with van der Waals surface area (Å²) in [5.74, 6) is -0.389. The Hall–Kier alpha value is -3.14. The summed E-state index contributed by atoms with van der Waals surface area (Å²) in [6.45, 7) is 1.07. The number of pyridine rings is 1. The third-order valence-corrected chi connectivity index (χ3v) is 7.13. The number of hydrogen-bond donors (Lipinski definition) is 1. The molecule has 0 unspecified atom stereocenters. The molecular weight excluding hydrogens is 396 g/mol. The van der Waals surface area contributed by atoms with Gasteiger partial charge in [-0.3, -0.25) is 4.98 Å². The lowest BCUT2D eigenvalue weighted by atomic mass is 9.79. The van der Waals surface area contributed by atoms with Crippen molar-refractivity contribution in [2.45, 2.75) is 57.3 Å². The Kier molecular flexibility index (Phi) is 5.93. The first kappa shape index (κ1) is 20.7. The van der Waals surface area contributed by atoms with E-state index in [1.807, 2.05) is 0 Å².